The molecule has 162 valence electrons. The van der Waals surface area contributed by atoms with Crippen LogP contribution in [0.2, 0.25) is 0 Å². The van der Waals surface area contributed by atoms with E-state index < -0.39 is 5.60 Å². The summed E-state index contributed by atoms with van der Waals surface area (Å²) < 4.78 is 1.25. The predicted molar refractivity (Wildman–Crippen MR) is 116 cm³/mol. The normalized spacial score (nSPS) is 15.6. The Morgan fingerprint density at radius 2 is 1.93 bits per heavy atom. The van der Waals surface area contributed by atoms with Crippen LogP contribution in [0.15, 0.2) is 36.5 Å². The van der Waals surface area contributed by atoms with Crippen LogP contribution in [0.1, 0.15) is 55.2 Å². The summed E-state index contributed by atoms with van der Waals surface area (Å²) >= 11 is 0. The van der Waals surface area contributed by atoms with Crippen molar-refractivity contribution < 1.29 is 14.7 Å². The van der Waals surface area contributed by atoms with Crippen molar-refractivity contribution in [2.75, 3.05) is 19.6 Å². The maximum atomic E-state index is 12.7. The fraction of sp³-hybridized carbons (Fsp3) is 0.522. The standard InChI is InChI=1S/C23H32N4O3/c1-17-6-5-7-19(14-17)15-26(16-23(3,4)30)20-8-11-25(12-9-20)22(29)27-13-10-21(24-27)18(2)28/h5-7,10,13-14,20,30H,8-9,11-12,15-16H2,1-4H3. The van der Waals surface area contributed by atoms with E-state index in [1.54, 1.807) is 17.2 Å². The number of amides is 1. The van der Waals surface area contributed by atoms with Crippen LogP contribution in [0.25, 0.3) is 0 Å². The molecule has 0 spiro atoms. The molecule has 0 bridgehead atoms. The number of carbonyl (C=O) groups excluding carboxylic acids is 2. The van der Waals surface area contributed by atoms with E-state index in [4.69, 9.17) is 0 Å². The molecular formula is C23H32N4O3. The molecule has 0 atom stereocenters. The van der Waals surface area contributed by atoms with Crippen molar-refractivity contribution in [1.82, 2.24) is 19.6 Å². The second kappa shape index (κ2) is 9.10. The molecule has 2 heterocycles. The molecule has 7 nitrogen and oxygen atoms in total. The summed E-state index contributed by atoms with van der Waals surface area (Å²) in [6.07, 6.45) is 3.20. The zero-order chi connectivity index (χ0) is 21.9. The number of aryl methyl sites for hydroxylation is 1. The van der Waals surface area contributed by atoms with Gasteiger partial charge in [0.1, 0.15) is 5.69 Å². The van der Waals surface area contributed by atoms with Crippen LogP contribution >= 0.6 is 0 Å². The van der Waals surface area contributed by atoms with Crippen molar-refractivity contribution in [3.05, 3.63) is 53.3 Å². The Kier molecular flexibility index (Phi) is 6.73. The molecule has 1 aliphatic heterocycles. The molecule has 1 amide bonds. The third-order valence-electron chi connectivity index (χ3n) is 5.46. The van der Waals surface area contributed by atoms with Crippen LogP contribution in [0.3, 0.4) is 0 Å². The second-order valence-corrected chi connectivity index (χ2v) is 8.91. The van der Waals surface area contributed by atoms with Crippen LogP contribution in [-0.2, 0) is 6.54 Å². The quantitative estimate of drug-likeness (QED) is 0.738. The van der Waals surface area contributed by atoms with Gasteiger partial charge in [-0.15, -0.1) is 0 Å². The number of benzene rings is 1. The van der Waals surface area contributed by atoms with Gasteiger partial charge in [0.25, 0.3) is 0 Å². The number of ketones is 1. The van der Waals surface area contributed by atoms with Gasteiger partial charge in [-0.1, -0.05) is 29.8 Å². The molecule has 1 aromatic carbocycles. The van der Waals surface area contributed by atoms with Gasteiger partial charge in [0.15, 0.2) is 5.78 Å². The number of rotatable bonds is 6. The topological polar surface area (TPSA) is 78.7 Å². The maximum Gasteiger partial charge on any atom is 0.344 e. The molecule has 7 heteroatoms. The van der Waals surface area contributed by atoms with Crippen molar-refractivity contribution in [3.63, 3.8) is 0 Å². The highest BCUT2D eigenvalue weighted by molar-refractivity contribution is 5.92. The highest BCUT2D eigenvalue weighted by atomic mass is 16.3. The van der Waals surface area contributed by atoms with Crippen LogP contribution in [0.4, 0.5) is 4.79 Å². The van der Waals surface area contributed by atoms with Crippen LogP contribution in [0, 0.1) is 6.92 Å². The molecule has 30 heavy (non-hydrogen) atoms. The van der Waals surface area contributed by atoms with E-state index in [1.807, 2.05) is 13.8 Å². The number of aromatic nitrogens is 2. The Labute approximate surface area is 178 Å². The van der Waals surface area contributed by atoms with Gasteiger partial charge in [0, 0.05) is 45.3 Å². The smallest absolute Gasteiger partial charge is 0.344 e. The lowest BCUT2D eigenvalue weighted by Gasteiger charge is -2.40. The fourth-order valence-corrected chi connectivity index (χ4v) is 4.04. The van der Waals surface area contributed by atoms with Crippen LogP contribution < -0.4 is 0 Å². The Hall–Kier alpha value is -2.51. The number of hydrogen-bond donors (Lipinski definition) is 1. The number of nitrogens with zero attached hydrogens (tertiary/aromatic N) is 4. The molecule has 0 unspecified atom stereocenters. The molecular weight excluding hydrogens is 380 g/mol. The van der Waals surface area contributed by atoms with Crippen LogP contribution in [0.5, 0.6) is 0 Å². The lowest BCUT2D eigenvalue weighted by atomic mass is 9.99. The molecule has 1 fully saturated rings. The molecule has 0 aliphatic carbocycles. The van der Waals surface area contributed by atoms with Crippen molar-refractivity contribution in [2.45, 2.75) is 58.7 Å². The van der Waals surface area contributed by atoms with E-state index in [0.717, 1.165) is 19.4 Å². The fourth-order valence-electron chi connectivity index (χ4n) is 4.04. The summed E-state index contributed by atoms with van der Waals surface area (Å²) in [5.41, 5.74) is 1.95. The van der Waals surface area contributed by atoms with E-state index in [9.17, 15) is 14.7 Å². The molecule has 1 N–H and O–H groups in total. The summed E-state index contributed by atoms with van der Waals surface area (Å²) in [7, 11) is 0. The van der Waals surface area contributed by atoms with Gasteiger partial charge in [-0.3, -0.25) is 9.69 Å². The first-order valence-corrected chi connectivity index (χ1v) is 10.5. The number of carbonyl (C=O) groups is 2. The Balaban J connectivity index is 1.65. The van der Waals surface area contributed by atoms with Crippen molar-refractivity contribution >= 4 is 11.8 Å². The first-order chi connectivity index (χ1) is 14.1. The van der Waals surface area contributed by atoms with Gasteiger partial charge in [-0.25, -0.2) is 4.79 Å². The van der Waals surface area contributed by atoms with E-state index >= 15 is 0 Å². The molecule has 1 aliphatic rings. The minimum Gasteiger partial charge on any atom is -0.389 e. The Bertz CT molecular complexity index is 892. The average Bonchev–Trinajstić information content (AvgIpc) is 3.17. The Morgan fingerprint density at radius 1 is 1.23 bits per heavy atom. The molecule has 3 rings (SSSR count). The van der Waals surface area contributed by atoms with E-state index in [2.05, 4.69) is 41.2 Å². The van der Waals surface area contributed by atoms with Gasteiger partial charge in [0.2, 0.25) is 0 Å². The van der Waals surface area contributed by atoms with Gasteiger partial charge < -0.3 is 10.0 Å². The first-order valence-electron chi connectivity index (χ1n) is 10.5. The number of likely N-dealkylation sites (tertiary alicyclic amines) is 1. The van der Waals surface area contributed by atoms with Crippen molar-refractivity contribution in [3.8, 4) is 0 Å². The molecule has 0 saturated carbocycles. The van der Waals surface area contributed by atoms with Gasteiger partial charge in [-0.05, 0) is 45.2 Å². The van der Waals surface area contributed by atoms with E-state index in [1.165, 1.54) is 22.7 Å². The van der Waals surface area contributed by atoms with E-state index in [-0.39, 0.29) is 17.9 Å². The highest BCUT2D eigenvalue weighted by Gasteiger charge is 2.30. The summed E-state index contributed by atoms with van der Waals surface area (Å²) in [6.45, 7) is 9.77. The van der Waals surface area contributed by atoms with Gasteiger partial charge in [0.05, 0.1) is 5.60 Å². The number of Topliss-reactive ketones (excluding diaryl/α,β-unsaturated/α-hetero) is 1. The minimum atomic E-state index is -0.797. The largest absolute Gasteiger partial charge is 0.389 e. The summed E-state index contributed by atoms with van der Waals surface area (Å²) in [5, 5.41) is 14.5. The van der Waals surface area contributed by atoms with Gasteiger partial charge >= 0.3 is 6.03 Å². The third-order valence-corrected chi connectivity index (χ3v) is 5.46. The number of hydrogen-bond acceptors (Lipinski definition) is 5. The Morgan fingerprint density at radius 3 is 2.50 bits per heavy atom. The molecule has 1 aromatic heterocycles. The molecule has 1 saturated heterocycles. The van der Waals surface area contributed by atoms with E-state index in [0.29, 0.717) is 25.3 Å². The van der Waals surface area contributed by atoms with Gasteiger partial charge in [-0.2, -0.15) is 9.78 Å². The lowest BCUT2D eigenvalue weighted by molar-refractivity contribution is 0.00573. The zero-order valence-corrected chi connectivity index (χ0v) is 18.3. The summed E-state index contributed by atoms with van der Waals surface area (Å²) in [5.74, 6) is -0.154. The third kappa shape index (κ3) is 5.77. The van der Waals surface area contributed by atoms with Crippen molar-refractivity contribution in [1.29, 1.82) is 0 Å². The predicted octanol–water partition coefficient (Wildman–Crippen LogP) is 3.10. The van der Waals surface area contributed by atoms with Crippen LogP contribution in [-0.4, -0.2) is 67.8 Å². The monoisotopic (exact) mass is 412 g/mol. The maximum absolute atomic E-state index is 12.7. The molecule has 0 radical (unpaired) electrons. The lowest BCUT2D eigenvalue weighted by Crippen LogP contribution is -2.50. The second-order valence-electron chi connectivity index (χ2n) is 8.91. The molecule has 2 aromatic rings. The number of piperidine rings is 1. The zero-order valence-electron chi connectivity index (χ0n) is 18.3. The van der Waals surface area contributed by atoms with Crippen molar-refractivity contribution in [2.24, 2.45) is 0 Å². The summed E-state index contributed by atoms with van der Waals surface area (Å²) in [4.78, 5) is 28.3. The first kappa shape index (κ1) is 22.2. The summed E-state index contributed by atoms with van der Waals surface area (Å²) in [6, 6.07) is 10.1. The number of aliphatic hydroxyl groups is 1. The SMILES string of the molecule is CC(=O)c1ccn(C(=O)N2CCC(N(Cc3cccc(C)c3)CC(C)(C)O)CC2)n1. The average molecular weight is 413 g/mol. The highest BCUT2D eigenvalue weighted by Crippen LogP contribution is 2.22. The minimum absolute atomic E-state index is 0.154.